The van der Waals surface area contributed by atoms with Gasteiger partial charge in [0.05, 0.1) is 11.5 Å². The largest absolute Gasteiger partial charge is 0.519 e. The van der Waals surface area contributed by atoms with E-state index in [0.29, 0.717) is 12.5 Å². The predicted octanol–water partition coefficient (Wildman–Crippen LogP) is 2.22. The maximum absolute atomic E-state index is 12.8. The number of hydrogen-bond acceptors (Lipinski definition) is 8. The summed E-state index contributed by atoms with van der Waals surface area (Å²) in [5, 5.41) is 5.36. The molecule has 0 saturated heterocycles. The van der Waals surface area contributed by atoms with Crippen LogP contribution in [0, 0.1) is 18.3 Å². The molecule has 1 aromatic heterocycles. The number of ether oxygens (including phenoxy) is 2. The Labute approximate surface area is 193 Å². The molecule has 10 nitrogen and oxygen atoms in total. The fraction of sp³-hybridized carbons (Fsp3) is 0.739. The highest BCUT2D eigenvalue weighted by Gasteiger charge is 2.33. The molecule has 10 heteroatoms. The van der Waals surface area contributed by atoms with Crippen LogP contribution in [0.15, 0.2) is 13.6 Å². The second-order valence-corrected chi connectivity index (χ2v) is 9.33. The van der Waals surface area contributed by atoms with Crippen LogP contribution < -0.4 is 16.5 Å². The molecule has 2 N–H and O–H groups in total. The molecule has 2 atom stereocenters. The number of esters is 1. The Morgan fingerprint density at radius 3 is 2.39 bits per heavy atom. The van der Waals surface area contributed by atoms with Crippen molar-refractivity contribution in [2.24, 2.45) is 11.3 Å². The van der Waals surface area contributed by atoms with Crippen molar-refractivity contribution in [1.82, 2.24) is 10.6 Å². The first-order valence-electron chi connectivity index (χ1n) is 11.4. The van der Waals surface area contributed by atoms with E-state index in [-0.39, 0.29) is 30.6 Å². The number of rotatable bonds is 11. The molecule has 0 aliphatic heterocycles. The first kappa shape index (κ1) is 26.6. The summed E-state index contributed by atoms with van der Waals surface area (Å²) in [7, 11) is 0. The summed E-state index contributed by atoms with van der Waals surface area (Å²) in [6.07, 6.45) is 5.32. The molecule has 1 fully saturated rings. The smallest absolute Gasteiger partial charge is 0.457 e. The fourth-order valence-electron chi connectivity index (χ4n) is 3.68. The third-order valence-electron chi connectivity index (χ3n) is 5.86. The van der Waals surface area contributed by atoms with Gasteiger partial charge in [0.25, 0.3) is 0 Å². The van der Waals surface area contributed by atoms with Crippen LogP contribution in [0.25, 0.3) is 0 Å². The van der Waals surface area contributed by atoms with E-state index in [1.807, 2.05) is 0 Å². The van der Waals surface area contributed by atoms with Gasteiger partial charge >= 0.3 is 11.8 Å². The average Bonchev–Trinajstić information content (AvgIpc) is 3.09. The average molecular weight is 469 g/mol. The zero-order valence-electron chi connectivity index (χ0n) is 20.2. The van der Waals surface area contributed by atoms with Gasteiger partial charge in [-0.05, 0) is 46.5 Å². The molecule has 1 heterocycles. The molecule has 0 spiro atoms. The van der Waals surface area contributed by atoms with Gasteiger partial charge in [0.15, 0.2) is 18.1 Å². The van der Waals surface area contributed by atoms with Crippen molar-refractivity contribution in [3.8, 4) is 0 Å². The van der Waals surface area contributed by atoms with E-state index >= 15 is 0 Å². The van der Waals surface area contributed by atoms with Gasteiger partial charge in [0, 0.05) is 20.1 Å². The molecule has 0 radical (unpaired) electrons. The molecule has 1 aromatic rings. The Morgan fingerprint density at radius 1 is 1.15 bits per heavy atom. The Kier molecular flexibility index (Phi) is 9.70. The Bertz CT molecular complexity index is 866. The highest BCUT2D eigenvalue weighted by Crippen LogP contribution is 2.24. The minimum absolute atomic E-state index is 0.0234. The number of carbonyl (C=O) groups excluding carboxylic acids is 3. The van der Waals surface area contributed by atoms with Crippen molar-refractivity contribution >= 4 is 17.8 Å². The summed E-state index contributed by atoms with van der Waals surface area (Å²) >= 11 is 0. The third kappa shape index (κ3) is 8.34. The Balaban J connectivity index is 1.89. The molecule has 1 aliphatic carbocycles. The second-order valence-electron chi connectivity index (χ2n) is 9.33. The highest BCUT2D eigenvalue weighted by atomic mass is 16.6. The third-order valence-corrected chi connectivity index (χ3v) is 5.86. The van der Waals surface area contributed by atoms with Crippen LogP contribution in [0.3, 0.4) is 0 Å². The van der Waals surface area contributed by atoms with E-state index in [9.17, 15) is 19.2 Å². The Hall–Kier alpha value is -2.62. The zero-order chi connectivity index (χ0) is 24.6. The number of hydrogen-bond donors (Lipinski definition) is 2. The van der Waals surface area contributed by atoms with Gasteiger partial charge in [-0.2, -0.15) is 0 Å². The lowest BCUT2D eigenvalue weighted by molar-refractivity contribution is -0.156. The van der Waals surface area contributed by atoms with Crippen molar-refractivity contribution in [2.45, 2.75) is 85.5 Å². The lowest BCUT2D eigenvalue weighted by Gasteiger charge is -2.29. The first-order valence-corrected chi connectivity index (χ1v) is 11.4. The molecule has 2 rings (SSSR count). The summed E-state index contributed by atoms with van der Waals surface area (Å²) in [5.41, 5.74) is -1.07. The van der Waals surface area contributed by atoms with Crippen LogP contribution in [0.1, 0.15) is 71.3 Å². The lowest BCUT2D eigenvalue weighted by atomic mass is 9.90. The van der Waals surface area contributed by atoms with Gasteiger partial charge < -0.3 is 28.9 Å². The lowest BCUT2D eigenvalue weighted by Crippen LogP contribution is -2.54. The minimum Gasteiger partial charge on any atom is -0.457 e. The van der Waals surface area contributed by atoms with Gasteiger partial charge in [-0.1, -0.05) is 19.3 Å². The van der Waals surface area contributed by atoms with Gasteiger partial charge in [0.1, 0.15) is 6.04 Å². The SMILES string of the molecule is CC(=O)NC(C(=O)NCC(C)(C)C(=O)OCc1oc(=O)oc1C)[C@@H](C)OCC1CCCCC1. The van der Waals surface area contributed by atoms with E-state index in [1.165, 1.54) is 33.1 Å². The van der Waals surface area contributed by atoms with Crippen LogP contribution in [-0.2, 0) is 30.5 Å². The van der Waals surface area contributed by atoms with E-state index < -0.39 is 35.3 Å². The summed E-state index contributed by atoms with van der Waals surface area (Å²) in [6.45, 7) is 8.12. The number of carbonyl (C=O) groups is 3. The van der Waals surface area contributed by atoms with E-state index in [2.05, 4.69) is 10.6 Å². The molecule has 0 aromatic carbocycles. The molecular formula is C23H36N2O8. The molecule has 2 amide bonds. The zero-order valence-corrected chi connectivity index (χ0v) is 20.2. The van der Waals surface area contributed by atoms with Crippen LogP contribution in [0.5, 0.6) is 0 Å². The monoisotopic (exact) mass is 468 g/mol. The van der Waals surface area contributed by atoms with Crippen molar-refractivity contribution in [1.29, 1.82) is 0 Å². The van der Waals surface area contributed by atoms with Gasteiger partial charge in [-0.25, -0.2) is 4.79 Å². The van der Waals surface area contributed by atoms with Crippen LogP contribution >= 0.6 is 0 Å². The van der Waals surface area contributed by atoms with Crippen LogP contribution in [-0.4, -0.2) is 43.1 Å². The van der Waals surface area contributed by atoms with Gasteiger partial charge in [-0.15, -0.1) is 0 Å². The summed E-state index contributed by atoms with van der Waals surface area (Å²) in [4.78, 5) is 48.1. The molecule has 1 unspecified atom stereocenters. The van der Waals surface area contributed by atoms with Crippen molar-refractivity contribution in [3.05, 3.63) is 22.1 Å². The van der Waals surface area contributed by atoms with Crippen LogP contribution in [0.4, 0.5) is 0 Å². The predicted molar refractivity (Wildman–Crippen MR) is 118 cm³/mol. The van der Waals surface area contributed by atoms with E-state index in [4.69, 9.17) is 18.3 Å². The summed E-state index contributed by atoms with van der Waals surface area (Å²) in [5.74, 6) is -1.42. The molecule has 0 bridgehead atoms. The van der Waals surface area contributed by atoms with Crippen molar-refractivity contribution in [3.63, 3.8) is 0 Å². The molecule has 33 heavy (non-hydrogen) atoms. The quantitative estimate of drug-likeness (QED) is 0.472. The molecule has 1 aliphatic rings. The molecular weight excluding hydrogens is 432 g/mol. The Morgan fingerprint density at radius 2 is 1.82 bits per heavy atom. The van der Waals surface area contributed by atoms with Gasteiger partial charge in [0.2, 0.25) is 11.8 Å². The summed E-state index contributed by atoms with van der Waals surface area (Å²) in [6, 6.07) is -0.888. The number of amides is 2. The van der Waals surface area contributed by atoms with Crippen LogP contribution in [0.2, 0.25) is 0 Å². The van der Waals surface area contributed by atoms with Crippen molar-refractivity contribution < 1.29 is 32.7 Å². The summed E-state index contributed by atoms with van der Waals surface area (Å²) < 4.78 is 20.7. The first-order chi connectivity index (χ1) is 15.5. The topological polar surface area (TPSA) is 137 Å². The normalized spacial score (nSPS) is 16.6. The minimum atomic E-state index is -1.07. The maximum atomic E-state index is 12.8. The van der Waals surface area contributed by atoms with Gasteiger partial charge in [-0.3, -0.25) is 14.4 Å². The fourth-order valence-corrected chi connectivity index (χ4v) is 3.68. The van der Waals surface area contributed by atoms with E-state index in [1.54, 1.807) is 20.8 Å². The maximum Gasteiger partial charge on any atom is 0.519 e. The standard InChI is InChI=1S/C23H36N2O8/c1-14-18(33-22(29)32-14)12-31-21(28)23(4,5)13-24-20(27)19(25-16(3)26)15(2)30-11-17-9-7-6-8-10-17/h15,17,19H,6-13H2,1-5H3,(H,24,27)(H,25,26)/t15-,19?/m1/s1. The van der Waals surface area contributed by atoms with E-state index in [0.717, 1.165) is 12.8 Å². The molecule has 1 saturated carbocycles. The van der Waals surface area contributed by atoms with Crippen molar-refractivity contribution in [2.75, 3.05) is 13.2 Å². The number of nitrogens with one attached hydrogen (secondary N) is 2. The second kappa shape index (κ2) is 12.0. The number of aryl methyl sites for hydroxylation is 1. The highest BCUT2D eigenvalue weighted by molar-refractivity contribution is 5.88. The molecule has 186 valence electrons.